The number of carbonyl (C=O) groups excluding carboxylic acids is 1. The maximum atomic E-state index is 12.0. The minimum atomic E-state index is -0.880. The molecule has 17 heavy (non-hydrogen) atoms. The van der Waals surface area contributed by atoms with Gasteiger partial charge in [0.1, 0.15) is 0 Å². The van der Waals surface area contributed by atoms with Crippen molar-refractivity contribution in [1.29, 1.82) is 0 Å². The predicted octanol–water partition coefficient (Wildman–Crippen LogP) is 4.35. The molecule has 0 spiro atoms. The quantitative estimate of drug-likeness (QED) is 0.769. The van der Waals surface area contributed by atoms with Crippen molar-refractivity contribution >= 4 is 54.9 Å². The molecule has 3 nitrogen and oxygen atoms in total. The number of carbonyl (C=O) groups is 2. The van der Waals surface area contributed by atoms with Gasteiger partial charge in [0, 0.05) is 16.3 Å². The lowest BCUT2D eigenvalue weighted by Gasteiger charge is -2.20. The lowest BCUT2D eigenvalue weighted by atomic mass is 9.84. The lowest BCUT2D eigenvalue weighted by Crippen LogP contribution is -2.20. The van der Waals surface area contributed by atoms with Crippen molar-refractivity contribution in [3.8, 4) is 0 Å². The van der Waals surface area contributed by atoms with Crippen LogP contribution in [0.3, 0.4) is 0 Å². The number of halogens is 2. The molecule has 1 rings (SSSR count). The van der Waals surface area contributed by atoms with Gasteiger partial charge in [-0.25, -0.2) is 0 Å². The second-order valence-corrected chi connectivity index (χ2v) is 7.09. The Kier molecular flexibility index (Phi) is 4.92. The van der Waals surface area contributed by atoms with E-state index in [4.69, 9.17) is 5.11 Å². The van der Waals surface area contributed by atoms with Crippen molar-refractivity contribution in [2.24, 2.45) is 5.41 Å². The summed E-state index contributed by atoms with van der Waals surface area (Å²) in [5.41, 5.74) is -0.529. The van der Waals surface area contributed by atoms with Gasteiger partial charge in [0.15, 0.2) is 5.78 Å². The fourth-order valence-electron chi connectivity index (χ4n) is 1.50. The Morgan fingerprint density at radius 2 is 1.94 bits per heavy atom. The summed E-state index contributed by atoms with van der Waals surface area (Å²) < 4.78 is 1.60. The molecular weight excluding hydrogens is 372 g/mol. The third-order valence-electron chi connectivity index (χ3n) is 2.21. The summed E-state index contributed by atoms with van der Waals surface area (Å²) in [6.45, 7) is 3.57. The minimum Gasteiger partial charge on any atom is -0.481 e. The monoisotopic (exact) mass is 382 g/mol. The Labute approximate surface area is 120 Å². The van der Waals surface area contributed by atoms with Crippen LogP contribution in [0.15, 0.2) is 14.3 Å². The molecule has 1 N–H and O–H groups in total. The topological polar surface area (TPSA) is 54.4 Å². The van der Waals surface area contributed by atoms with Gasteiger partial charge in [-0.1, -0.05) is 13.8 Å². The highest BCUT2D eigenvalue weighted by Gasteiger charge is 2.27. The van der Waals surface area contributed by atoms with E-state index in [2.05, 4.69) is 31.9 Å². The van der Waals surface area contributed by atoms with Crippen molar-refractivity contribution < 1.29 is 14.7 Å². The number of hydrogen-bond acceptors (Lipinski definition) is 3. The van der Waals surface area contributed by atoms with Crippen molar-refractivity contribution in [2.45, 2.75) is 26.7 Å². The van der Waals surface area contributed by atoms with E-state index in [-0.39, 0.29) is 18.6 Å². The molecule has 0 bridgehead atoms. The van der Waals surface area contributed by atoms with Crippen LogP contribution in [0.25, 0.3) is 0 Å². The molecular formula is C11H12Br2O3S. The average Bonchev–Trinajstić information content (AvgIpc) is 2.44. The van der Waals surface area contributed by atoms with Crippen LogP contribution in [0.1, 0.15) is 36.4 Å². The molecule has 0 radical (unpaired) electrons. The molecule has 0 atom stereocenters. The van der Waals surface area contributed by atoms with Crippen molar-refractivity contribution in [1.82, 2.24) is 0 Å². The van der Waals surface area contributed by atoms with Crippen LogP contribution in [0.2, 0.25) is 0 Å². The zero-order valence-electron chi connectivity index (χ0n) is 9.42. The van der Waals surface area contributed by atoms with Gasteiger partial charge in [0.25, 0.3) is 0 Å². The zero-order chi connectivity index (χ0) is 13.2. The van der Waals surface area contributed by atoms with E-state index in [0.29, 0.717) is 4.88 Å². The Bertz CT molecular complexity index is 452. The van der Waals surface area contributed by atoms with Crippen LogP contribution < -0.4 is 0 Å². The minimum absolute atomic E-state index is 0.0110. The molecule has 0 amide bonds. The third kappa shape index (κ3) is 4.19. The molecule has 1 aromatic rings. The first-order valence-electron chi connectivity index (χ1n) is 4.90. The molecule has 0 saturated heterocycles. The van der Waals surface area contributed by atoms with E-state index in [1.807, 2.05) is 5.38 Å². The Morgan fingerprint density at radius 1 is 1.35 bits per heavy atom. The maximum Gasteiger partial charge on any atom is 0.303 e. The number of aliphatic carboxylic acids is 1. The predicted molar refractivity (Wildman–Crippen MR) is 74.7 cm³/mol. The van der Waals surface area contributed by atoms with Gasteiger partial charge in [-0.15, -0.1) is 11.3 Å². The highest BCUT2D eigenvalue weighted by Crippen LogP contribution is 2.36. The summed E-state index contributed by atoms with van der Waals surface area (Å²) in [6.07, 6.45) is 0.216. The smallest absolute Gasteiger partial charge is 0.303 e. The summed E-state index contributed by atoms with van der Waals surface area (Å²) in [5.74, 6) is -0.909. The molecule has 6 heteroatoms. The van der Waals surface area contributed by atoms with Crippen LogP contribution >= 0.6 is 43.2 Å². The standard InChI is InChI=1S/C11H12Br2O3S/c1-11(2,4-8(15)16)3-7(14)10-9(13)6(12)5-17-10/h5H,3-4H2,1-2H3,(H,15,16). The second-order valence-electron chi connectivity index (χ2n) is 4.56. The first kappa shape index (κ1) is 14.9. The number of rotatable bonds is 5. The molecule has 0 fully saturated rings. The summed E-state index contributed by atoms with van der Waals surface area (Å²) in [4.78, 5) is 23.4. The molecule has 1 aromatic heterocycles. The SMILES string of the molecule is CC(C)(CC(=O)O)CC(=O)c1scc(Br)c1Br. The molecule has 0 saturated carbocycles. The van der Waals surface area contributed by atoms with Crippen molar-refractivity contribution in [3.05, 3.63) is 19.2 Å². The van der Waals surface area contributed by atoms with Gasteiger partial charge < -0.3 is 5.11 Å². The second kappa shape index (κ2) is 5.63. The van der Waals surface area contributed by atoms with E-state index in [1.54, 1.807) is 13.8 Å². The highest BCUT2D eigenvalue weighted by molar-refractivity contribution is 9.13. The first-order chi connectivity index (χ1) is 7.73. The summed E-state index contributed by atoms with van der Waals surface area (Å²) in [5, 5.41) is 10.6. The number of carboxylic acids is 1. The van der Waals surface area contributed by atoms with E-state index in [1.165, 1.54) is 11.3 Å². The summed E-state index contributed by atoms with van der Waals surface area (Å²) in [7, 11) is 0. The van der Waals surface area contributed by atoms with Crippen molar-refractivity contribution in [2.75, 3.05) is 0 Å². The van der Waals surface area contributed by atoms with E-state index in [0.717, 1.165) is 8.95 Å². The molecule has 94 valence electrons. The average molecular weight is 384 g/mol. The van der Waals surface area contributed by atoms with E-state index >= 15 is 0 Å². The number of carboxylic acid groups (broad SMARTS) is 1. The first-order valence-corrected chi connectivity index (χ1v) is 7.37. The lowest BCUT2D eigenvalue weighted by molar-refractivity contribution is -0.139. The van der Waals surface area contributed by atoms with Gasteiger partial charge in [0.2, 0.25) is 0 Å². The number of thiophene rings is 1. The summed E-state index contributed by atoms with van der Waals surface area (Å²) >= 11 is 8.01. The summed E-state index contributed by atoms with van der Waals surface area (Å²) in [6, 6.07) is 0. The molecule has 0 aromatic carbocycles. The van der Waals surface area contributed by atoms with Crippen LogP contribution in [0.5, 0.6) is 0 Å². The highest BCUT2D eigenvalue weighted by atomic mass is 79.9. The van der Waals surface area contributed by atoms with Crippen LogP contribution in [-0.2, 0) is 4.79 Å². The third-order valence-corrected chi connectivity index (χ3v) is 5.78. The van der Waals surface area contributed by atoms with Gasteiger partial charge in [0.05, 0.1) is 15.8 Å². The zero-order valence-corrected chi connectivity index (χ0v) is 13.4. The Hall–Kier alpha value is -0.200. The fraction of sp³-hybridized carbons (Fsp3) is 0.455. The number of Topliss-reactive ketones (excluding diaryl/α,β-unsaturated/α-hetero) is 1. The number of hydrogen-bond donors (Lipinski definition) is 1. The van der Waals surface area contributed by atoms with Gasteiger partial charge in [-0.05, 0) is 37.3 Å². The Morgan fingerprint density at radius 3 is 2.35 bits per heavy atom. The van der Waals surface area contributed by atoms with Crippen LogP contribution in [0.4, 0.5) is 0 Å². The van der Waals surface area contributed by atoms with E-state index in [9.17, 15) is 9.59 Å². The molecule has 1 heterocycles. The van der Waals surface area contributed by atoms with E-state index < -0.39 is 11.4 Å². The molecule has 0 aliphatic rings. The normalized spacial score (nSPS) is 11.5. The van der Waals surface area contributed by atoms with Crippen LogP contribution in [0, 0.1) is 5.41 Å². The molecule has 0 aliphatic carbocycles. The molecule has 0 aliphatic heterocycles. The largest absolute Gasteiger partial charge is 0.481 e. The molecule has 0 unspecified atom stereocenters. The Balaban J connectivity index is 2.79. The fourth-order valence-corrected chi connectivity index (χ4v) is 3.63. The maximum absolute atomic E-state index is 12.0. The van der Waals surface area contributed by atoms with Gasteiger partial charge >= 0.3 is 5.97 Å². The number of ketones is 1. The van der Waals surface area contributed by atoms with Gasteiger partial charge in [-0.3, -0.25) is 9.59 Å². The van der Waals surface area contributed by atoms with Crippen LogP contribution in [-0.4, -0.2) is 16.9 Å². The van der Waals surface area contributed by atoms with Crippen molar-refractivity contribution in [3.63, 3.8) is 0 Å². The van der Waals surface area contributed by atoms with Gasteiger partial charge in [-0.2, -0.15) is 0 Å².